The third-order valence-electron chi connectivity index (χ3n) is 4.97. The Morgan fingerprint density at radius 1 is 0.939 bits per heavy atom. The first-order valence-electron chi connectivity index (χ1n) is 10.3. The molecule has 1 aliphatic rings. The lowest BCUT2D eigenvalue weighted by atomic mass is 10.1. The molecule has 33 heavy (non-hydrogen) atoms. The number of aryl methyl sites for hydroxylation is 2. The lowest BCUT2D eigenvalue weighted by Gasteiger charge is -2.19. The number of hydrogen-bond acceptors (Lipinski definition) is 6. The summed E-state index contributed by atoms with van der Waals surface area (Å²) in [6.07, 6.45) is 0. The van der Waals surface area contributed by atoms with Crippen molar-refractivity contribution in [1.82, 2.24) is 0 Å². The molecular weight excluding hydrogens is 444 g/mol. The number of nitrogens with one attached hydrogen (secondary N) is 2. The van der Waals surface area contributed by atoms with Gasteiger partial charge in [-0.25, -0.2) is 8.42 Å². The van der Waals surface area contributed by atoms with E-state index in [0.717, 1.165) is 11.1 Å². The second-order valence-electron chi connectivity index (χ2n) is 7.59. The van der Waals surface area contributed by atoms with Crippen molar-refractivity contribution in [2.45, 2.75) is 18.7 Å². The summed E-state index contributed by atoms with van der Waals surface area (Å²) >= 11 is 0. The fourth-order valence-corrected chi connectivity index (χ4v) is 4.35. The topological polar surface area (TPSA) is 103 Å². The van der Waals surface area contributed by atoms with Gasteiger partial charge in [0.15, 0.2) is 18.1 Å². The highest BCUT2D eigenvalue weighted by Gasteiger charge is 2.16. The lowest BCUT2D eigenvalue weighted by Crippen LogP contribution is -2.21. The van der Waals surface area contributed by atoms with Crippen molar-refractivity contribution < 1.29 is 27.4 Å². The molecule has 0 fully saturated rings. The molecule has 172 valence electrons. The zero-order valence-corrected chi connectivity index (χ0v) is 19.1. The van der Waals surface area contributed by atoms with Gasteiger partial charge in [-0.1, -0.05) is 12.1 Å². The van der Waals surface area contributed by atoms with Crippen LogP contribution in [0, 0.1) is 13.8 Å². The molecule has 1 aliphatic heterocycles. The van der Waals surface area contributed by atoms with E-state index in [0.29, 0.717) is 41.8 Å². The third kappa shape index (κ3) is 5.56. The molecule has 1 amide bonds. The summed E-state index contributed by atoms with van der Waals surface area (Å²) in [5.41, 5.74) is 2.88. The highest BCUT2D eigenvalue weighted by atomic mass is 32.2. The van der Waals surface area contributed by atoms with E-state index in [1.165, 1.54) is 24.3 Å². The van der Waals surface area contributed by atoms with Crippen LogP contribution in [0.3, 0.4) is 0 Å². The van der Waals surface area contributed by atoms with E-state index in [4.69, 9.17) is 14.2 Å². The number of benzene rings is 3. The predicted octanol–water partition coefficient (Wildman–Crippen LogP) is 3.89. The van der Waals surface area contributed by atoms with E-state index in [2.05, 4.69) is 10.0 Å². The maximum Gasteiger partial charge on any atom is 0.262 e. The number of anilines is 2. The minimum atomic E-state index is -3.76. The van der Waals surface area contributed by atoms with Gasteiger partial charge < -0.3 is 19.5 Å². The minimum Gasteiger partial charge on any atom is -0.486 e. The number of fused-ring (bicyclic) bond motifs is 1. The SMILES string of the molecule is Cc1ccc(C)c(NS(=O)(=O)c2ccc(OCC(=O)Nc3ccc4c(c3)OCCO4)cc2)c1. The molecule has 0 aliphatic carbocycles. The van der Waals surface area contributed by atoms with E-state index < -0.39 is 10.0 Å². The molecule has 3 aromatic rings. The molecule has 0 aromatic heterocycles. The van der Waals surface area contributed by atoms with Gasteiger partial charge in [-0.2, -0.15) is 0 Å². The highest BCUT2D eigenvalue weighted by Crippen LogP contribution is 2.32. The number of carbonyl (C=O) groups excluding carboxylic acids is 1. The number of hydrogen-bond donors (Lipinski definition) is 2. The Labute approximate surface area is 192 Å². The summed E-state index contributed by atoms with van der Waals surface area (Å²) in [6.45, 7) is 4.45. The fraction of sp³-hybridized carbons (Fsp3) is 0.208. The van der Waals surface area contributed by atoms with E-state index in [-0.39, 0.29) is 17.4 Å². The van der Waals surface area contributed by atoms with Crippen molar-refractivity contribution in [2.24, 2.45) is 0 Å². The number of amides is 1. The van der Waals surface area contributed by atoms with Gasteiger partial charge in [0.2, 0.25) is 0 Å². The zero-order chi connectivity index (χ0) is 23.4. The summed E-state index contributed by atoms with van der Waals surface area (Å²) in [4.78, 5) is 12.3. The Balaban J connectivity index is 1.34. The molecule has 1 heterocycles. The van der Waals surface area contributed by atoms with Crippen LogP contribution in [-0.2, 0) is 14.8 Å². The predicted molar refractivity (Wildman–Crippen MR) is 125 cm³/mol. The number of sulfonamides is 1. The average molecular weight is 469 g/mol. The maximum absolute atomic E-state index is 12.7. The quantitative estimate of drug-likeness (QED) is 0.545. The first-order valence-corrected chi connectivity index (χ1v) is 11.8. The molecule has 0 saturated heterocycles. The molecule has 3 aromatic carbocycles. The van der Waals surface area contributed by atoms with E-state index in [1.807, 2.05) is 26.0 Å². The first-order chi connectivity index (χ1) is 15.8. The number of ether oxygens (including phenoxy) is 3. The smallest absolute Gasteiger partial charge is 0.262 e. The summed E-state index contributed by atoms with van der Waals surface area (Å²) in [7, 11) is -3.76. The maximum atomic E-state index is 12.7. The van der Waals surface area contributed by atoms with Gasteiger partial charge in [0.25, 0.3) is 15.9 Å². The summed E-state index contributed by atoms with van der Waals surface area (Å²) in [5.74, 6) is 1.22. The van der Waals surface area contributed by atoms with Crippen LogP contribution in [0.2, 0.25) is 0 Å². The molecular formula is C24H24N2O6S. The normalized spacial score (nSPS) is 12.7. The molecule has 0 saturated carbocycles. The van der Waals surface area contributed by atoms with Crippen LogP contribution < -0.4 is 24.2 Å². The third-order valence-corrected chi connectivity index (χ3v) is 6.35. The summed E-state index contributed by atoms with van der Waals surface area (Å²) < 4.78 is 44.5. The molecule has 9 heteroatoms. The zero-order valence-electron chi connectivity index (χ0n) is 18.3. The molecule has 0 radical (unpaired) electrons. The molecule has 0 unspecified atom stereocenters. The minimum absolute atomic E-state index is 0.0940. The van der Waals surface area contributed by atoms with Crippen LogP contribution in [0.4, 0.5) is 11.4 Å². The molecule has 8 nitrogen and oxygen atoms in total. The van der Waals surface area contributed by atoms with E-state index in [1.54, 1.807) is 24.3 Å². The Morgan fingerprint density at radius 2 is 1.67 bits per heavy atom. The van der Waals surface area contributed by atoms with Crippen molar-refractivity contribution in [2.75, 3.05) is 29.9 Å². The molecule has 0 bridgehead atoms. The number of rotatable bonds is 7. The van der Waals surface area contributed by atoms with Crippen LogP contribution in [0.5, 0.6) is 17.2 Å². The summed E-state index contributed by atoms with van der Waals surface area (Å²) in [6, 6.07) is 16.6. The standard InChI is InChI=1S/C24H24N2O6S/c1-16-3-4-17(2)21(13-16)26-33(28,29)20-8-6-19(7-9-20)32-15-24(27)25-18-5-10-22-23(14-18)31-12-11-30-22/h3-10,13-14,26H,11-12,15H2,1-2H3,(H,25,27). The van der Waals surface area contributed by atoms with Gasteiger partial charge >= 0.3 is 0 Å². The fourth-order valence-electron chi connectivity index (χ4n) is 3.23. The largest absolute Gasteiger partial charge is 0.486 e. The molecule has 0 atom stereocenters. The average Bonchev–Trinajstić information content (AvgIpc) is 2.80. The Morgan fingerprint density at radius 3 is 2.42 bits per heavy atom. The van der Waals surface area contributed by atoms with Gasteiger partial charge in [0, 0.05) is 11.8 Å². The van der Waals surface area contributed by atoms with Crippen molar-refractivity contribution in [3.8, 4) is 17.2 Å². The second kappa shape index (κ2) is 9.41. The van der Waals surface area contributed by atoms with Crippen LogP contribution in [0.15, 0.2) is 65.6 Å². The highest BCUT2D eigenvalue weighted by molar-refractivity contribution is 7.92. The van der Waals surface area contributed by atoms with E-state index in [9.17, 15) is 13.2 Å². The van der Waals surface area contributed by atoms with Crippen molar-refractivity contribution in [1.29, 1.82) is 0 Å². The van der Waals surface area contributed by atoms with Gasteiger partial charge in [-0.3, -0.25) is 9.52 Å². The molecule has 0 spiro atoms. The number of carbonyl (C=O) groups is 1. The second-order valence-corrected chi connectivity index (χ2v) is 9.27. The van der Waals surface area contributed by atoms with Gasteiger partial charge in [-0.15, -0.1) is 0 Å². The Bertz CT molecular complexity index is 1270. The van der Waals surface area contributed by atoms with Crippen LogP contribution in [-0.4, -0.2) is 34.1 Å². The molecule has 2 N–H and O–H groups in total. The van der Waals surface area contributed by atoms with Crippen molar-refractivity contribution in [3.63, 3.8) is 0 Å². The monoisotopic (exact) mass is 468 g/mol. The Kier molecular flexibility index (Phi) is 6.41. The van der Waals surface area contributed by atoms with Gasteiger partial charge in [0.1, 0.15) is 19.0 Å². The van der Waals surface area contributed by atoms with Crippen LogP contribution in [0.25, 0.3) is 0 Å². The van der Waals surface area contributed by atoms with Gasteiger partial charge in [0.05, 0.1) is 10.6 Å². The van der Waals surface area contributed by atoms with Gasteiger partial charge in [-0.05, 0) is 67.4 Å². The van der Waals surface area contributed by atoms with Crippen LogP contribution in [0.1, 0.15) is 11.1 Å². The molecule has 4 rings (SSSR count). The van der Waals surface area contributed by atoms with Crippen LogP contribution >= 0.6 is 0 Å². The van der Waals surface area contributed by atoms with Crippen molar-refractivity contribution >= 4 is 27.3 Å². The van der Waals surface area contributed by atoms with E-state index >= 15 is 0 Å². The Hall–Kier alpha value is -3.72. The van der Waals surface area contributed by atoms with Crippen molar-refractivity contribution in [3.05, 3.63) is 71.8 Å². The lowest BCUT2D eigenvalue weighted by molar-refractivity contribution is -0.118. The first kappa shape index (κ1) is 22.5. The summed E-state index contributed by atoms with van der Waals surface area (Å²) in [5, 5.41) is 2.73.